The van der Waals surface area contributed by atoms with E-state index in [9.17, 15) is 4.79 Å². The Hall–Kier alpha value is -0.740. The summed E-state index contributed by atoms with van der Waals surface area (Å²) < 4.78 is 1.28. The van der Waals surface area contributed by atoms with Crippen LogP contribution < -0.4 is 5.69 Å². The predicted molar refractivity (Wildman–Crippen MR) is 43.5 cm³/mol. The van der Waals surface area contributed by atoms with Crippen molar-refractivity contribution in [3.63, 3.8) is 0 Å². The van der Waals surface area contributed by atoms with Gasteiger partial charge in [-0.25, -0.2) is 9.48 Å². The van der Waals surface area contributed by atoms with Crippen LogP contribution in [0.15, 0.2) is 9.29 Å². The fourth-order valence-corrected chi connectivity index (χ4v) is 0.797. The minimum atomic E-state index is -0.370. The second-order valence-electron chi connectivity index (χ2n) is 1.88. The molecule has 0 aliphatic heterocycles. The zero-order valence-corrected chi connectivity index (χ0v) is 7.15. The molecule has 0 saturated heterocycles. The van der Waals surface area contributed by atoms with Gasteiger partial charge in [0.2, 0.25) is 0 Å². The molecule has 60 valence electrons. The molecule has 1 aromatic heterocycles. The molecular formula is C5H5Cl2N3O. The lowest BCUT2D eigenvalue weighted by Gasteiger charge is -1.83. The zero-order valence-electron chi connectivity index (χ0n) is 5.64. The Labute approximate surface area is 72.4 Å². The number of aromatic amines is 1. The first-order valence-corrected chi connectivity index (χ1v) is 3.51. The molecule has 0 atom stereocenters. The van der Waals surface area contributed by atoms with Crippen molar-refractivity contribution in [3.05, 3.63) is 20.8 Å². The summed E-state index contributed by atoms with van der Waals surface area (Å²) in [4.78, 5) is 14.3. The highest BCUT2D eigenvalue weighted by atomic mass is 35.5. The molecule has 1 heterocycles. The van der Waals surface area contributed by atoms with Gasteiger partial charge in [0.25, 0.3) is 0 Å². The average Bonchev–Trinajstić information content (AvgIpc) is 2.10. The van der Waals surface area contributed by atoms with E-state index in [-0.39, 0.29) is 10.2 Å². The Morgan fingerprint density at radius 3 is 2.73 bits per heavy atom. The number of halogens is 2. The van der Waals surface area contributed by atoms with E-state index in [0.29, 0.717) is 5.82 Å². The van der Waals surface area contributed by atoms with E-state index in [1.165, 1.54) is 10.8 Å². The third kappa shape index (κ3) is 2.10. The summed E-state index contributed by atoms with van der Waals surface area (Å²) in [5, 5.41) is 2.62. The molecule has 0 saturated carbocycles. The maximum atomic E-state index is 10.7. The zero-order chi connectivity index (χ0) is 8.43. The molecule has 0 aromatic carbocycles. The first kappa shape index (κ1) is 8.36. The van der Waals surface area contributed by atoms with Crippen molar-refractivity contribution >= 4 is 29.3 Å². The van der Waals surface area contributed by atoms with Gasteiger partial charge >= 0.3 is 5.69 Å². The Morgan fingerprint density at radius 1 is 1.73 bits per heavy atom. The molecule has 0 amide bonds. The number of rotatable bonds is 1. The van der Waals surface area contributed by atoms with Crippen molar-refractivity contribution in [1.29, 1.82) is 0 Å². The quantitative estimate of drug-likeness (QED) is 0.721. The molecule has 0 radical (unpaired) electrons. The summed E-state index contributed by atoms with van der Waals surface area (Å²) in [6.45, 7) is 0. The Balaban J connectivity index is 3.08. The predicted octanol–water partition coefficient (Wildman–Crippen LogP) is 0.884. The molecule has 1 rings (SSSR count). The monoisotopic (exact) mass is 193 g/mol. The van der Waals surface area contributed by atoms with Crippen molar-refractivity contribution in [2.45, 2.75) is 0 Å². The number of H-pyrrole nitrogens is 1. The Bertz CT molecular complexity index is 334. The van der Waals surface area contributed by atoms with E-state index in [1.807, 2.05) is 0 Å². The molecule has 4 nitrogen and oxygen atoms in total. The summed E-state index contributed by atoms with van der Waals surface area (Å²) in [7, 11) is 1.55. The van der Waals surface area contributed by atoms with Gasteiger partial charge in [-0.1, -0.05) is 23.2 Å². The van der Waals surface area contributed by atoms with Crippen LogP contribution in [0.4, 0.5) is 0 Å². The lowest BCUT2D eigenvalue weighted by molar-refractivity contribution is 0.732. The normalized spacial score (nSPS) is 9.73. The summed E-state index contributed by atoms with van der Waals surface area (Å²) in [5.74, 6) is 0.345. The molecule has 0 aliphatic rings. The molecule has 1 N–H and O–H groups in total. The number of nitrogens with zero attached hydrogens (tertiary/aromatic N) is 2. The lowest BCUT2D eigenvalue weighted by atomic mass is 10.6. The van der Waals surface area contributed by atoms with Gasteiger partial charge in [-0.2, -0.15) is 4.98 Å². The highest BCUT2D eigenvalue weighted by molar-refractivity contribution is 6.57. The van der Waals surface area contributed by atoms with Gasteiger partial charge in [0, 0.05) is 13.1 Å². The van der Waals surface area contributed by atoms with Gasteiger partial charge in [-0.15, -0.1) is 0 Å². The molecule has 0 bridgehead atoms. The van der Waals surface area contributed by atoms with Crippen LogP contribution in [0.1, 0.15) is 5.82 Å². The number of aryl methyl sites for hydroxylation is 1. The summed E-state index contributed by atoms with van der Waals surface area (Å²) in [5.41, 5.74) is -0.370. The molecular weight excluding hydrogens is 189 g/mol. The van der Waals surface area contributed by atoms with Crippen LogP contribution in [0.2, 0.25) is 0 Å². The van der Waals surface area contributed by atoms with Gasteiger partial charge in [-0.3, -0.25) is 5.10 Å². The summed E-state index contributed by atoms with van der Waals surface area (Å²) in [6, 6.07) is 0. The second-order valence-corrected chi connectivity index (χ2v) is 2.89. The standard InChI is InChI=1S/C5H5Cl2N3O/c1-10-5(11)8-4(9-10)2-3(6)7/h2H,1H3,(H,8,9,11). The number of hydrogen-bond donors (Lipinski definition) is 1. The van der Waals surface area contributed by atoms with Gasteiger partial charge < -0.3 is 0 Å². The second kappa shape index (κ2) is 3.11. The van der Waals surface area contributed by atoms with Crippen LogP contribution in [0.3, 0.4) is 0 Å². The minimum absolute atomic E-state index is 0.0550. The van der Waals surface area contributed by atoms with Gasteiger partial charge in [0.15, 0.2) is 5.82 Å². The summed E-state index contributed by atoms with van der Waals surface area (Å²) in [6.07, 6.45) is 1.35. The maximum Gasteiger partial charge on any atom is 0.363 e. The third-order valence-electron chi connectivity index (χ3n) is 1.03. The van der Waals surface area contributed by atoms with Crippen LogP contribution in [-0.4, -0.2) is 14.8 Å². The minimum Gasteiger partial charge on any atom is -0.278 e. The van der Waals surface area contributed by atoms with Gasteiger partial charge in [0.05, 0.1) is 0 Å². The van der Waals surface area contributed by atoms with E-state index in [0.717, 1.165) is 0 Å². The maximum absolute atomic E-state index is 10.7. The van der Waals surface area contributed by atoms with E-state index in [2.05, 4.69) is 10.1 Å². The van der Waals surface area contributed by atoms with Crippen molar-refractivity contribution in [3.8, 4) is 0 Å². The molecule has 11 heavy (non-hydrogen) atoms. The SMILES string of the molecule is Cn1[nH]c(C=C(Cl)Cl)nc1=O. The molecule has 0 spiro atoms. The highest BCUT2D eigenvalue weighted by Gasteiger charge is 1.97. The van der Waals surface area contributed by atoms with Crippen molar-refractivity contribution in [1.82, 2.24) is 14.8 Å². The molecule has 6 heteroatoms. The van der Waals surface area contributed by atoms with Crippen molar-refractivity contribution in [2.75, 3.05) is 0 Å². The number of hydrogen-bond acceptors (Lipinski definition) is 2. The average molecular weight is 194 g/mol. The molecule has 0 fully saturated rings. The number of aromatic nitrogens is 3. The Kier molecular flexibility index (Phi) is 2.36. The number of nitrogens with one attached hydrogen (secondary N) is 1. The Morgan fingerprint density at radius 2 is 2.36 bits per heavy atom. The fraction of sp³-hybridized carbons (Fsp3) is 0.200. The summed E-state index contributed by atoms with van der Waals surface area (Å²) >= 11 is 10.7. The first-order chi connectivity index (χ1) is 5.09. The van der Waals surface area contributed by atoms with Crippen LogP contribution in [0.5, 0.6) is 0 Å². The van der Waals surface area contributed by atoms with E-state index in [4.69, 9.17) is 23.2 Å². The van der Waals surface area contributed by atoms with Crippen molar-refractivity contribution in [2.24, 2.45) is 7.05 Å². The van der Waals surface area contributed by atoms with Gasteiger partial charge in [0.1, 0.15) is 4.49 Å². The molecule has 1 aromatic rings. The smallest absolute Gasteiger partial charge is 0.278 e. The van der Waals surface area contributed by atoms with Crippen molar-refractivity contribution < 1.29 is 0 Å². The van der Waals surface area contributed by atoms with Gasteiger partial charge in [-0.05, 0) is 0 Å². The van der Waals surface area contributed by atoms with E-state index in [1.54, 1.807) is 7.05 Å². The topological polar surface area (TPSA) is 50.7 Å². The first-order valence-electron chi connectivity index (χ1n) is 2.75. The van der Waals surface area contributed by atoms with Crippen LogP contribution >= 0.6 is 23.2 Å². The van der Waals surface area contributed by atoms with E-state index < -0.39 is 0 Å². The van der Waals surface area contributed by atoms with Crippen LogP contribution in [0.25, 0.3) is 6.08 Å². The van der Waals surface area contributed by atoms with Crippen LogP contribution in [0, 0.1) is 0 Å². The molecule has 0 unspecified atom stereocenters. The molecule has 0 aliphatic carbocycles. The fourth-order valence-electron chi connectivity index (χ4n) is 0.591. The van der Waals surface area contributed by atoms with E-state index >= 15 is 0 Å². The largest absolute Gasteiger partial charge is 0.363 e. The van der Waals surface area contributed by atoms with Crippen LogP contribution in [-0.2, 0) is 7.05 Å². The third-order valence-corrected chi connectivity index (χ3v) is 1.25. The highest BCUT2D eigenvalue weighted by Crippen LogP contribution is 2.09. The lowest BCUT2D eigenvalue weighted by Crippen LogP contribution is -2.13.